The fourth-order valence-electron chi connectivity index (χ4n) is 4.19. The lowest BCUT2D eigenvalue weighted by Crippen LogP contribution is -2.19. The predicted octanol–water partition coefficient (Wildman–Crippen LogP) is 7.79. The van der Waals surface area contributed by atoms with Crippen molar-refractivity contribution < 1.29 is 22.4 Å². The summed E-state index contributed by atoms with van der Waals surface area (Å²) in [5.41, 5.74) is 1.56. The van der Waals surface area contributed by atoms with Crippen LogP contribution in [0.2, 0.25) is 0 Å². The van der Waals surface area contributed by atoms with Crippen molar-refractivity contribution in [1.29, 1.82) is 0 Å². The first-order chi connectivity index (χ1) is 17.3. The molecule has 0 spiro atoms. The molecule has 0 amide bonds. The van der Waals surface area contributed by atoms with E-state index in [4.69, 9.17) is 0 Å². The van der Waals surface area contributed by atoms with Crippen LogP contribution in [0.3, 0.4) is 0 Å². The molecule has 0 radical (unpaired) electrons. The average molecular weight is 493 g/mol. The fraction of sp³-hybridized carbons (Fsp3) is 0.138. The minimum Gasteiger partial charge on any atom is -0.337 e. The third kappa shape index (κ3) is 4.82. The number of nitrogens with zero attached hydrogens (tertiary/aromatic N) is 2. The summed E-state index contributed by atoms with van der Waals surface area (Å²) >= 11 is 0. The second-order valence-electron chi connectivity index (χ2n) is 8.05. The highest BCUT2D eigenvalue weighted by atomic mass is 19.1. The van der Waals surface area contributed by atoms with Gasteiger partial charge in [-0.3, -0.25) is 4.79 Å². The maximum Gasteiger partial charge on any atom is 0.193 e. The van der Waals surface area contributed by atoms with Crippen LogP contribution in [-0.4, -0.2) is 18.9 Å². The van der Waals surface area contributed by atoms with Crippen LogP contribution in [-0.2, 0) is 0 Å². The Morgan fingerprint density at radius 3 is 1.14 bits per heavy atom. The number of rotatable bonds is 8. The minimum absolute atomic E-state index is 0.151. The quantitative estimate of drug-likeness (QED) is 0.185. The van der Waals surface area contributed by atoms with E-state index in [9.17, 15) is 22.4 Å². The van der Waals surface area contributed by atoms with Gasteiger partial charge in [0, 0.05) is 35.6 Å². The summed E-state index contributed by atoms with van der Waals surface area (Å²) in [6.07, 6.45) is 0. The highest BCUT2D eigenvalue weighted by molar-refractivity contribution is 6.09. The van der Waals surface area contributed by atoms with Crippen molar-refractivity contribution >= 4 is 28.5 Å². The molecule has 4 aromatic carbocycles. The number of hydrogen-bond donors (Lipinski definition) is 0. The number of carbonyl (C=O) groups is 1. The van der Waals surface area contributed by atoms with Crippen molar-refractivity contribution in [1.82, 2.24) is 0 Å². The Balaban J connectivity index is 1.57. The molecule has 0 aliphatic carbocycles. The number of hydrogen-bond acceptors (Lipinski definition) is 3. The SMILES string of the molecule is CCN(c1ccc(C(=O)c2ccc(N(CC)c3c(F)cccc3F)cc2)cc1)c1c(F)cccc1F. The maximum atomic E-state index is 14.3. The molecule has 4 rings (SSSR count). The van der Waals surface area contributed by atoms with Crippen LogP contribution in [0, 0.1) is 23.3 Å². The van der Waals surface area contributed by atoms with Gasteiger partial charge in [-0.05, 0) is 86.6 Å². The molecule has 0 aromatic heterocycles. The molecule has 0 aliphatic heterocycles. The molecule has 4 aromatic rings. The van der Waals surface area contributed by atoms with Crippen LogP contribution in [0.25, 0.3) is 0 Å². The molecule has 0 N–H and O–H groups in total. The van der Waals surface area contributed by atoms with E-state index in [2.05, 4.69) is 0 Å². The minimum atomic E-state index is -0.673. The van der Waals surface area contributed by atoms with Gasteiger partial charge < -0.3 is 9.80 Å². The predicted molar refractivity (Wildman–Crippen MR) is 134 cm³/mol. The second kappa shape index (κ2) is 10.6. The van der Waals surface area contributed by atoms with Crippen molar-refractivity contribution in [3.05, 3.63) is 119 Å². The van der Waals surface area contributed by atoms with Gasteiger partial charge in [-0.25, -0.2) is 17.6 Å². The van der Waals surface area contributed by atoms with Crippen molar-refractivity contribution in [2.75, 3.05) is 22.9 Å². The Bertz CT molecular complexity index is 1230. The van der Waals surface area contributed by atoms with Gasteiger partial charge in [0.25, 0.3) is 0 Å². The molecule has 0 saturated carbocycles. The van der Waals surface area contributed by atoms with Gasteiger partial charge in [0.1, 0.15) is 34.6 Å². The fourth-order valence-corrected chi connectivity index (χ4v) is 4.19. The molecule has 7 heteroatoms. The van der Waals surface area contributed by atoms with Crippen LogP contribution < -0.4 is 9.80 Å². The van der Waals surface area contributed by atoms with Gasteiger partial charge in [-0.2, -0.15) is 0 Å². The zero-order chi connectivity index (χ0) is 25.8. The maximum absolute atomic E-state index is 14.3. The Hall–Kier alpha value is -4.13. The number of halogens is 4. The Kier molecular flexibility index (Phi) is 7.38. The number of ketones is 1. The summed E-state index contributed by atoms with van der Waals surface area (Å²) in [4.78, 5) is 16.0. The zero-order valence-corrected chi connectivity index (χ0v) is 19.8. The first-order valence-electron chi connectivity index (χ1n) is 11.5. The number of carbonyl (C=O) groups excluding carboxylic acids is 1. The summed E-state index contributed by atoms with van der Waals surface area (Å²) < 4.78 is 57.2. The molecule has 36 heavy (non-hydrogen) atoms. The molecule has 0 aliphatic rings. The molecule has 0 bridgehead atoms. The van der Waals surface area contributed by atoms with E-state index in [1.54, 1.807) is 62.4 Å². The molecule has 184 valence electrons. The number of benzene rings is 4. The number of para-hydroxylation sites is 2. The van der Waals surface area contributed by atoms with Gasteiger partial charge in [0.05, 0.1) is 0 Å². The van der Waals surface area contributed by atoms with E-state index < -0.39 is 23.3 Å². The summed E-state index contributed by atoms with van der Waals surface area (Å²) in [6.45, 7) is 4.20. The van der Waals surface area contributed by atoms with Gasteiger partial charge in [-0.15, -0.1) is 0 Å². The lowest BCUT2D eigenvalue weighted by Gasteiger charge is -2.24. The molecule has 0 heterocycles. The average Bonchev–Trinajstić information content (AvgIpc) is 2.88. The first kappa shape index (κ1) is 25.0. The smallest absolute Gasteiger partial charge is 0.193 e. The molecular formula is C29H24F4N2O. The van der Waals surface area contributed by atoms with E-state index in [0.29, 0.717) is 35.6 Å². The monoisotopic (exact) mass is 492 g/mol. The summed E-state index contributed by atoms with van der Waals surface area (Å²) in [7, 11) is 0. The van der Waals surface area contributed by atoms with Gasteiger partial charge in [0.15, 0.2) is 5.78 Å². The van der Waals surface area contributed by atoms with Crippen LogP contribution >= 0.6 is 0 Å². The molecule has 0 saturated heterocycles. The Morgan fingerprint density at radius 2 is 0.861 bits per heavy atom. The van der Waals surface area contributed by atoms with E-state index in [0.717, 1.165) is 0 Å². The molecule has 0 unspecified atom stereocenters. The van der Waals surface area contributed by atoms with Crippen molar-refractivity contribution in [2.24, 2.45) is 0 Å². The Labute approximate surface area is 207 Å². The van der Waals surface area contributed by atoms with E-state index >= 15 is 0 Å². The summed E-state index contributed by atoms with van der Waals surface area (Å²) in [5, 5.41) is 0. The van der Waals surface area contributed by atoms with E-state index in [1.807, 2.05) is 0 Å². The normalized spacial score (nSPS) is 10.8. The van der Waals surface area contributed by atoms with Crippen molar-refractivity contribution in [2.45, 2.75) is 13.8 Å². The van der Waals surface area contributed by atoms with Crippen LogP contribution in [0.1, 0.15) is 29.8 Å². The van der Waals surface area contributed by atoms with Crippen LogP contribution in [0.15, 0.2) is 84.9 Å². The topological polar surface area (TPSA) is 23.6 Å². The van der Waals surface area contributed by atoms with Crippen LogP contribution in [0.4, 0.5) is 40.3 Å². The molecular weight excluding hydrogens is 468 g/mol. The highest BCUT2D eigenvalue weighted by Gasteiger charge is 2.19. The highest BCUT2D eigenvalue weighted by Crippen LogP contribution is 2.32. The Morgan fingerprint density at radius 1 is 0.556 bits per heavy atom. The molecule has 0 atom stereocenters. The molecule has 0 fully saturated rings. The first-order valence-corrected chi connectivity index (χ1v) is 11.5. The summed E-state index contributed by atoms with van der Waals surface area (Å²) in [5.74, 6) is -2.95. The lowest BCUT2D eigenvalue weighted by molar-refractivity contribution is 0.103. The van der Waals surface area contributed by atoms with Crippen molar-refractivity contribution in [3.8, 4) is 0 Å². The van der Waals surface area contributed by atoms with E-state index in [1.165, 1.54) is 46.2 Å². The third-order valence-corrected chi connectivity index (χ3v) is 5.93. The zero-order valence-electron chi connectivity index (χ0n) is 19.8. The third-order valence-electron chi connectivity index (χ3n) is 5.93. The standard InChI is InChI=1S/C29H24F4N2O/c1-3-34(27-23(30)7-5-8-24(27)31)21-15-11-19(12-16-21)29(36)20-13-17-22(18-14-20)35(4-2)28-25(32)9-6-10-26(28)33/h5-18H,3-4H2,1-2H3. The molecule has 3 nitrogen and oxygen atoms in total. The van der Waals surface area contributed by atoms with Gasteiger partial charge >= 0.3 is 0 Å². The van der Waals surface area contributed by atoms with Crippen LogP contribution in [0.5, 0.6) is 0 Å². The number of anilines is 4. The second-order valence-corrected chi connectivity index (χ2v) is 8.05. The van der Waals surface area contributed by atoms with Gasteiger partial charge in [-0.1, -0.05) is 12.1 Å². The van der Waals surface area contributed by atoms with Gasteiger partial charge in [0.2, 0.25) is 0 Å². The van der Waals surface area contributed by atoms with E-state index in [-0.39, 0.29) is 17.2 Å². The lowest BCUT2D eigenvalue weighted by atomic mass is 10.0. The van der Waals surface area contributed by atoms with Crippen molar-refractivity contribution in [3.63, 3.8) is 0 Å². The summed E-state index contributed by atoms with van der Waals surface area (Å²) in [6, 6.07) is 20.3. The largest absolute Gasteiger partial charge is 0.337 e.